The fourth-order valence-electron chi connectivity index (χ4n) is 5.78. The second-order valence-electron chi connectivity index (χ2n) is 8.38. The van der Waals surface area contributed by atoms with Crippen molar-refractivity contribution < 1.29 is 9.53 Å². The number of carbonyl (C=O) groups excluding carboxylic acids is 1. The number of nitrogens with one attached hydrogen (secondary N) is 1. The molecular formula is C27H27NO2. The molecule has 3 aromatic rings. The molecule has 152 valence electrons. The van der Waals surface area contributed by atoms with Crippen LogP contribution in [0.25, 0.3) is 0 Å². The minimum absolute atomic E-state index is 0.0913. The standard InChI is InChI=1S/C27H27NO2/c1-3-10-21-24-17-11-4-6-13-19(17)25(20-14-7-5-12-18(20)24)26(21)27(29)28-22-15-8-9-16-23(22)30-2/h4-9,11-16,21,24-26H,3,10H2,1-2H3,(H,28,29). The van der Waals surface area contributed by atoms with Gasteiger partial charge in [-0.15, -0.1) is 0 Å². The van der Waals surface area contributed by atoms with Crippen molar-refractivity contribution in [2.24, 2.45) is 11.8 Å². The normalized spacial score (nSPS) is 23.4. The first-order valence-electron chi connectivity index (χ1n) is 10.9. The molecule has 1 N–H and O–H groups in total. The second kappa shape index (κ2) is 7.64. The lowest BCUT2D eigenvalue weighted by Gasteiger charge is -2.50. The Bertz CT molecular complexity index is 1040. The van der Waals surface area contributed by atoms with Gasteiger partial charge in [-0.2, -0.15) is 0 Å². The lowest BCUT2D eigenvalue weighted by molar-refractivity contribution is -0.123. The molecule has 2 unspecified atom stereocenters. The molecule has 0 aromatic heterocycles. The molecule has 1 amide bonds. The number of carbonyl (C=O) groups is 1. The van der Waals surface area contributed by atoms with Crippen molar-refractivity contribution in [1.29, 1.82) is 0 Å². The van der Waals surface area contributed by atoms with Gasteiger partial charge < -0.3 is 10.1 Å². The van der Waals surface area contributed by atoms with Gasteiger partial charge >= 0.3 is 0 Å². The Morgan fingerprint density at radius 1 is 0.833 bits per heavy atom. The van der Waals surface area contributed by atoms with Crippen LogP contribution in [0.5, 0.6) is 5.75 Å². The maximum Gasteiger partial charge on any atom is 0.228 e. The molecule has 3 aliphatic rings. The Balaban J connectivity index is 1.62. The molecule has 2 atom stereocenters. The Morgan fingerprint density at radius 3 is 1.93 bits per heavy atom. The van der Waals surface area contributed by atoms with E-state index in [2.05, 4.69) is 60.8 Å². The van der Waals surface area contributed by atoms with Crippen LogP contribution >= 0.6 is 0 Å². The maximum atomic E-state index is 13.8. The van der Waals surface area contributed by atoms with Gasteiger partial charge in [0.15, 0.2) is 0 Å². The summed E-state index contributed by atoms with van der Waals surface area (Å²) < 4.78 is 5.47. The fourth-order valence-corrected chi connectivity index (χ4v) is 5.78. The molecule has 0 spiro atoms. The van der Waals surface area contributed by atoms with Gasteiger partial charge in [0.2, 0.25) is 5.91 Å². The van der Waals surface area contributed by atoms with Crippen LogP contribution in [0.2, 0.25) is 0 Å². The van der Waals surface area contributed by atoms with Crippen molar-refractivity contribution in [3.8, 4) is 5.75 Å². The van der Waals surface area contributed by atoms with Crippen LogP contribution < -0.4 is 10.1 Å². The van der Waals surface area contributed by atoms with Crippen molar-refractivity contribution in [1.82, 2.24) is 0 Å². The van der Waals surface area contributed by atoms with Crippen LogP contribution in [0.4, 0.5) is 5.69 Å². The van der Waals surface area contributed by atoms with E-state index in [1.807, 2.05) is 24.3 Å². The molecule has 3 aromatic carbocycles. The molecular weight excluding hydrogens is 370 g/mol. The quantitative estimate of drug-likeness (QED) is 0.577. The van der Waals surface area contributed by atoms with E-state index in [1.54, 1.807) is 7.11 Å². The average molecular weight is 398 g/mol. The summed E-state index contributed by atoms with van der Waals surface area (Å²) in [4.78, 5) is 13.8. The molecule has 0 fully saturated rings. The summed E-state index contributed by atoms with van der Waals surface area (Å²) in [5.74, 6) is 1.35. The van der Waals surface area contributed by atoms with E-state index in [4.69, 9.17) is 4.74 Å². The lowest BCUT2D eigenvalue weighted by Crippen LogP contribution is -2.45. The van der Waals surface area contributed by atoms with Crippen molar-refractivity contribution in [2.45, 2.75) is 31.6 Å². The van der Waals surface area contributed by atoms with Crippen molar-refractivity contribution in [3.05, 3.63) is 95.1 Å². The predicted molar refractivity (Wildman–Crippen MR) is 120 cm³/mol. The molecule has 3 heteroatoms. The maximum absolute atomic E-state index is 13.8. The zero-order valence-corrected chi connectivity index (χ0v) is 17.5. The number of fused-ring (bicyclic) bond motifs is 1. The number of hydrogen-bond acceptors (Lipinski definition) is 2. The zero-order valence-electron chi connectivity index (χ0n) is 17.5. The SMILES string of the molecule is CCCC1C2c3ccccc3C(c3ccccc32)C1C(=O)Nc1ccccc1OC. The summed E-state index contributed by atoms with van der Waals surface area (Å²) in [6, 6.07) is 25.1. The third kappa shape index (κ3) is 2.84. The van der Waals surface area contributed by atoms with Gasteiger partial charge in [0.25, 0.3) is 0 Å². The molecule has 0 aliphatic heterocycles. The van der Waals surface area contributed by atoms with Crippen LogP contribution in [0.15, 0.2) is 72.8 Å². The Morgan fingerprint density at radius 2 is 1.37 bits per heavy atom. The van der Waals surface area contributed by atoms with E-state index < -0.39 is 0 Å². The van der Waals surface area contributed by atoms with Crippen LogP contribution in [0, 0.1) is 11.8 Å². The minimum Gasteiger partial charge on any atom is -0.495 e. The van der Waals surface area contributed by atoms with Gasteiger partial charge in [0.05, 0.1) is 18.7 Å². The molecule has 0 saturated heterocycles. The smallest absolute Gasteiger partial charge is 0.228 e. The lowest BCUT2D eigenvalue weighted by atomic mass is 9.53. The molecule has 3 aliphatic carbocycles. The van der Waals surface area contributed by atoms with E-state index >= 15 is 0 Å². The molecule has 0 heterocycles. The number of hydrogen-bond donors (Lipinski definition) is 1. The van der Waals surface area contributed by atoms with E-state index in [9.17, 15) is 4.79 Å². The summed E-state index contributed by atoms with van der Waals surface area (Å²) in [6.45, 7) is 2.22. The highest BCUT2D eigenvalue weighted by molar-refractivity contribution is 5.96. The third-order valence-corrected chi connectivity index (χ3v) is 6.87. The van der Waals surface area contributed by atoms with Gasteiger partial charge in [-0.3, -0.25) is 4.79 Å². The van der Waals surface area contributed by atoms with E-state index in [0.29, 0.717) is 11.7 Å². The topological polar surface area (TPSA) is 38.3 Å². The minimum atomic E-state index is -0.0929. The van der Waals surface area contributed by atoms with Gasteiger partial charge in [0.1, 0.15) is 5.75 Å². The summed E-state index contributed by atoms with van der Waals surface area (Å²) >= 11 is 0. The van der Waals surface area contributed by atoms with Crippen molar-refractivity contribution in [2.75, 3.05) is 12.4 Å². The summed E-state index contributed by atoms with van der Waals surface area (Å²) in [5.41, 5.74) is 6.17. The van der Waals surface area contributed by atoms with E-state index in [-0.39, 0.29) is 23.7 Å². The molecule has 3 nitrogen and oxygen atoms in total. The Hall–Kier alpha value is -3.07. The predicted octanol–water partition coefficient (Wildman–Crippen LogP) is 5.96. The molecule has 6 rings (SSSR count). The second-order valence-corrected chi connectivity index (χ2v) is 8.38. The highest BCUT2D eigenvalue weighted by atomic mass is 16.5. The number of amides is 1. The Kier molecular flexibility index (Phi) is 4.82. The van der Waals surface area contributed by atoms with Crippen LogP contribution in [0.3, 0.4) is 0 Å². The molecule has 0 saturated carbocycles. The number of methoxy groups -OCH3 is 1. The summed E-state index contributed by atoms with van der Waals surface area (Å²) in [7, 11) is 1.64. The number of ether oxygens (including phenoxy) is 1. The number of anilines is 1. The summed E-state index contributed by atoms with van der Waals surface area (Å²) in [6.07, 6.45) is 2.10. The Labute approximate surface area is 178 Å². The molecule has 2 bridgehead atoms. The third-order valence-electron chi connectivity index (χ3n) is 6.87. The first-order valence-corrected chi connectivity index (χ1v) is 10.9. The van der Waals surface area contributed by atoms with E-state index in [0.717, 1.165) is 18.5 Å². The van der Waals surface area contributed by atoms with Gasteiger partial charge in [-0.05, 0) is 46.7 Å². The van der Waals surface area contributed by atoms with E-state index in [1.165, 1.54) is 22.3 Å². The number of rotatable bonds is 5. The highest BCUT2D eigenvalue weighted by Crippen LogP contribution is 2.59. The van der Waals surface area contributed by atoms with Crippen LogP contribution in [0.1, 0.15) is 53.9 Å². The molecule has 0 radical (unpaired) electrons. The fraction of sp³-hybridized carbons (Fsp3) is 0.296. The highest BCUT2D eigenvalue weighted by Gasteiger charge is 2.51. The average Bonchev–Trinajstić information content (AvgIpc) is 2.79. The largest absolute Gasteiger partial charge is 0.495 e. The number of para-hydroxylation sites is 2. The van der Waals surface area contributed by atoms with Crippen molar-refractivity contribution in [3.63, 3.8) is 0 Å². The number of benzene rings is 3. The van der Waals surface area contributed by atoms with Crippen molar-refractivity contribution >= 4 is 11.6 Å². The monoisotopic (exact) mass is 397 g/mol. The van der Waals surface area contributed by atoms with Crippen LogP contribution in [-0.4, -0.2) is 13.0 Å². The van der Waals surface area contributed by atoms with Gasteiger partial charge in [-0.25, -0.2) is 0 Å². The van der Waals surface area contributed by atoms with Gasteiger partial charge in [0, 0.05) is 11.8 Å². The van der Waals surface area contributed by atoms with Crippen LogP contribution in [-0.2, 0) is 4.79 Å². The first-order chi connectivity index (χ1) is 14.7. The summed E-state index contributed by atoms with van der Waals surface area (Å²) in [5, 5.41) is 3.20. The zero-order chi connectivity index (χ0) is 20.7. The van der Waals surface area contributed by atoms with Gasteiger partial charge in [-0.1, -0.05) is 74.0 Å². The first kappa shape index (κ1) is 18.9. The molecule has 30 heavy (non-hydrogen) atoms.